The average molecular weight is 353 g/mol. The van der Waals surface area contributed by atoms with Crippen molar-refractivity contribution in [2.75, 3.05) is 13.1 Å². The standard InChI is InChI=1S/C14H13BrN2O2S/c15-11-3-1-10(2-4-11)7-13(18)17-8-12(9-17)19-14-16-5-6-20-14/h1-6,12H,7-9H2. The van der Waals surface area contributed by atoms with Crippen LogP contribution in [0.2, 0.25) is 0 Å². The van der Waals surface area contributed by atoms with E-state index in [0.29, 0.717) is 24.7 Å². The van der Waals surface area contributed by atoms with E-state index in [-0.39, 0.29) is 12.0 Å². The van der Waals surface area contributed by atoms with Crippen molar-refractivity contribution < 1.29 is 9.53 Å². The number of carbonyl (C=O) groups excluding carboxylic acids is 1. The van der Waals surface area contributed by atoms with Gasteiger partial charge in [-0.05, 0) is 17.7 Å². The third-order valence-corrected chi connectivity index (χ3v) is 4.34. The van der Waals surface area contributed by atoms with Gasteiger partial charge in [0.2, 0.25) is 5.91 Å². The third-order valence-electron chi connectivity index (χ3n) is 3.15. The average Bonchev–Trinajstić information content (AvgIpc) is 2.89. The van der Waals surface area contributed by atoms with Crippen LogP contribution < -0.4 is 4.74 Å². The topological polar surface area (TPSA) is 42.4 Å². The van der Waals surface area contributed by atoms with E-state index < -0.39 is 0 Å². The zero-order valence-electron chi connectivity index (χ0n) is 10.7. The van der Waals surface area contributed by atoms with Gasteiger partial charge in [-0.3, -0.25) is 4.79 Å². The number of halogens is 1. The number of aromatic nitrogens is 1. The minimum Gasteiger partial charge on any atom is -0.463 e. The van der Waals surface area contributed by atoms with E-state index in [1.165, 1.54) is 11.3 Å². The molecule has 1 aliphatic rings. The van der Waals surface area contributed by atoms with Crippen LogP contribution in [0.4, 0.5) is 0 Å². The third kappa shape index (κ3) is 3.19. The Hall–Kier alpha value is -1.40. The van der Waals surface area contributed by atoms with E-state index in [0.717, 1.165) is 10.0 Å². The van der Waals surface area contributed by atoms with Crippen molar-refractivity contribution in [3.05, 3.63) is 45.9 Å². The quantitative estimate of drug-likeness (QED) is 0.849. The fraction of sp³-hybridized carbons (Fsp3) is 0.286. The van der Waals surface area contributed by atoms with Crippen LogP contribution in [0.1, 0.15) is 5.56 Å². The molecule has 0 aliphatic carbocycles. The number of thiazole rings is 1. The van der Waals surface area contributed by atoms with Gasteiger partial charge in [-0.1, -0.05) is 39.4 Å². The van der Waals surface area contributed by atoms with Gasteiger partial charge in [0.25, 0.3) is 5.19 Å². The lowest BCUT2D eigenvalue weighted by atomic mass is 10.1. The smallest absolute Gasteiger partial charge is 0.273 e. The van der Waals surface area contributed by atoms with Crippen LogP contribution in [0.3, 0.4) is 0 Å². The second-order valence-corrected chi connectivity index (χ2v) is 6.41. The summed E-state index contributed by atoms with van der Waals surface area (Å²) >= 11 is 4.86. The molecule has 0 radical (unpaired) electrons. The van der Waals surface area contributed by atoms with Crippen LogP contribution in [0, 0.1) is 0 Å². The molecule has 1 aliphatic heterocycles. The van der Waals surface area contributed by atoms with Crippen LogP contribution in [0.25, 0.3) is 0 Å². The Morgan fingerprint density at radius 1 is 1.40 bits per heavy atom. The number of amides is 1. The molecule has 2 aromatic rings. The maximum Gasteiger partial charge on any atom is 0.273 e. The monoisotopic (exact) mass is 352 g/mol. The fourth-order valence-electron chi connectivity index (χ4n) is 2.02. The SMILES string of the molecule is O=C(Cc1ccc(Br)cc1)N1CC(Oc2nccs2)C1. The number of carbonyl (C=O) groups is 1. The molecule has 104 valence electrons. The van der Waals surface area contributed by atoms with E-state index in [9.17, 15) is 4.79 Å². The van der Waals surface area contributed by atoms with E-state index in [1.807, 2.05) is 34.5 Å². The first-order chi connectivity index (χ1) is 9.70. The molecule has 20 heavy (non-hydrogen) atoms. The summed E-state index contributed by atoms with van der Waals surface area (Å²) in [6, 6.07) is 7.83. The van der Waals surface area contributed by atoms with E-state index in [2.05, 4.69) is 20.9 Å². The largest absolute Gasteiger partial charge is 0.463 e. The molecule has 1 aromatic heterocycles. The first-order valence-corrected chi connectivity index (χ1v) is 7.96. The normalized spacial score (nSPS) is 14.9. The first-order valence-electron chi connectivity index (χ1n) is 6.29. The van der Waals surface area contributed by atoms with Crippen molar-refractivity contribution in [3.8, 4) is 5.19 Å². The van der Waals surface area contributed by atoms with E-state index in [1.54, 1.807) is 6.20 Å². The molecule has 0 atom stereocenters. The highest BCUT2D eigenvalue weighted by molar-refractivity contribution is 9.10. The second kappa shape index (κ2) is 5.93. The number of nitrogens with zero attached hydrogens (tertiary/aromatic N) is 2. The molecular weight excluding hydrogens is 340 g/mol. The molecule has 1 saturated heterocycles. The summed E-state index contributed by atoms with van der Waals surface area (Å²) < 4.78 is 6.67. The van der Waals surface area contributed by atoms with Crippen molar-refractivity contribution in [2.24, 2.45) is 0 Å². The molecule has 4 nitrogen and oxygen atoms in total. The molecule has 6 heteroatoms. The minimum atomic E-state index is 0.0787. The number of benzene rings is 1. The lowest BCUT2D eigenvalue weighted by Crippen LogP contribution is -2.56. The Morgan fingerprint density at radius 2 is 2.15 bits per heavy atom. The van der Waals surface area contributed by atoms with Crippen LogP contribution in [0.5, 0.6) is 5.19 Å². The second-order valence-electron chi connectivity index (χ2n) is 4.64. The van der Waals surface area contributed by atoms with Crippen molar-refractivity contribution in [3.63, 3.8) is 0 Å². The lowest BCUT2D eigenvalue weighted by molar-refractivity contribution is -0.139. The number of hydrogen-bond acceptors (Lipinski definition) is 4. The minimum absolute atomic E-state index is 0.0787. The number of rotatable bonds is 4. The van der Waals surface area contributed by atoms with Gasteiger partial charge < -0.3 is 9.64 Å². The fourth-order valence-corrected chi connectivity index (χ4v) is 2.83. The van der Waals surface area contributed by atoms with Crippen LogP contribution in [-0.2, 0) is 11.2 Å². The van der Waals surface area contributed by atoms with Crippen LogP contribution in [-0.4, -0.2) is 35.0 Å². The number of hydrogen-bond donors (Lipinski definition) is 0. The van der Waals surface area contributed by atoms with Crippen LogP contribution in [0.15, 0.2) is 40.3 Å². The Balaban J connectivity index is 1.47. The van der Waals surface area contributed by atoms with Crippen molar-refractivity contribution in [1.82, 2.24) is 9.88 Å². The molecule has 1 aromatic carbocycles. The highest BCUT2D eigenvalue weighted by atomic mass is 79.9. The highest BCUT2D eigenvalue weighted by Gasteiger charge is 2.32. The summed E-state index contributed by atoms with van der Waals surface area (Å²) in [5.74, 6) is 0.145. The summed E-state index contributed by atoms with van der Waals surface area (Å²) in [4.78, 5) is 18.0. The zero-order valence-corrected chi connectivity index (χ0v) is 13.1. The highest BCUT2D eigenvalue weighted by Crippen LogP contribution is 2.21. The molecule has 0 saturated carbocycles. The van der Waals surface area contributed by atoms with Crippen LogP contribution >= 0.6 is 27.3 Å². The predicted octanol–water partition coefficient (Wildman–Crippen LogP) is 2.74. The summed E-state index contributed by atoms with van der Waals surface area (Å²) in [5, 5.41) is 2.56. The molecule has 3 rings (SSSR count). The Morgan fingerprint density at radius 3 is 2.80 bits per heavy atom. The Kier molecular flexibility index (Phi) is 4.03. The first kappa shape index (κ1) is 13.6. The van der Waals surface area contributed by atoms with Gasteiger partial charge in [-0.25, -0.2) is 4.98 Å². The van der Waals surface area contributed by atoms with Gasteiger partial charge in [-0.2, -0.15) is 0 Å². The molecule has 0 bridgehead atoms. The van der Waals surface area contributed by atoms with Gasteiger partial charge in [0.15, 0.2) is 0 Å². The van der Waals surface area contributed by atoms with Gasteiger partial charge in [0.1, 0.15) is 6.10 Å². The molecule has 0 unspecified atom stereocenters. The molecule has 1 amide bonds. The number of ether oxygens (including phenoxy) is 1. The van der Waals surface area contributed by atoms with E-state index >= 15 is 0 Å². The van der Waals surface area contributed by atoms with Gasteiger partial charge in [0, 0.05) is 16.0 Å². The molecule has 0 N–H and O–H groups in total. The van der Waals surface area contributed by atoms with Gasteiger partial charge in [-0.15, -0.1) is 0 Å². The zero-order chi connectivity index (χ0) is 13.9. The maximum absolute atomic E-state index is 12.1. The summed E-state index contributed by atoms with van der Waals surface area (Å²) in [6.45, 7) is 1.30. The van der Waals surface area contributed by atoms with Gasteiger partial charge in [0.05, 0.1) is 19.5 Å². The molecule has 0 spiro atoms. The molecule has 1 fully saturated rings. The van der Waals surface area contributed by atoms with Crippen molar-refractivity contribution >= 4 is 33.2 Å². The molecular formula is C14H13BrN2O2S. The summed E-state index contributed by atoms with van der Waals surface area (Å²) in [5.41, 5.74) is 1.03. The lowest BCUT2D eigenvalue weighted by Gasteiger charge is -2.38. The Bertz CT molecular complexity index is 580. The van der Waals surface area contributed by atoms with Crippen molar-refractivity contribution in [1.29, 1.82) is 0 Å². The maximum atomic E-state index is 12.1. The van der Waals surface area contributed by atoms with Gasteiger partial charge >= 0.3 is 0 Å². The Labute approximate surface area is 129 Å². The van der Waals surface area contributed by atoms with E-state index in [4.69, 9.17) is 4.74 Å². The molecule has 2 heterocycles. The summed E-state index contributed by atoms with van der Waals surface area (Å²) in [6.07, 6.45) is 2.24. The number of likely N-dealkylation sites (tertiary alicyclic amines) is 1. The summed E-state index contributed by atoms with van der Waals surface area (Å²) in [7, 11) is 0. The predicted molar refractivity (Wildman–Crippen MR) is 81.0 cm³/mol. The van der Waals surface area contributed by atoms with Crippen molar-refractivity contribution in [2.45, 2.75) is 12.5 Å².